The van der Waals surface area contributed by atoms with E-state index < -0.39 is 0 Å². The fourth-order valence-electron chi connectivity index (χ4n) is 3.08. The zero-order valence-corrected chi connectivity index (χ0v) is 15.3. The highest BCUT2D eigenvalue weighted by Gasteiger charge is 2.25. The molecule has 1 aromatic rings. The fourth-order valence-corrected chi connectivity index (χ4v) is 3.08. The Morgan fingerprint density at radius 2 is 1.77 bits per heavy atom. The minimum atomic E-state index is -0.283. The van der Waals surface area contributed by atoms with Gasteiger partial charge in [0, 0.05) is 45.3 Å². The molecule has 0 bridgehead atoms. The van der Waals surface area contributed by atoms with Gasteiger partial charge in [-0.3, -0.25) is 4.79 Å². The minimum absolute atomic E-state index is 0.0924. The largest absolute Gasteiger partial charge is 0.450 e. The summed E-state index contributed by atoms with van der Waals surface area (Å²) in [6.07, 6.45) is -0.283. The van der Waals surface area contributed by atoms with Gasteiger partial charge in [0.25, 0.3) is 5.91 Å². The normalized spacial score (nSPS) is 18.0. The van der Waals surface area contributed by atoms with Gasteiger partial charge in [-0.1, -0.05) is 0 Å². The SMILES string of the molecule is CCOC(=O)N1CCN(c2cc(C(=O)N3CCOCC3)nc(C)n2)CC1. The molecule has 0 spiro atoms. The third kappa shape index (κ3) is 4.21. The van der Waals surface area contributed by atoms with Crippen LogP contribution in [0.5, 0.6) is 0 Å². The molecule has 0 unspecified atom stereocenters. The van der Waals surface area contributed by atoms with Crippen LogP contribution in [0.3, 0.4) is 0 Å². The predicted octanol–water partition coefficient (Wildman–Crippen LogP) is 0.536. The Balaban J connectivity index is 1.68. The highest BCUT2D eigenvalue weighted by Crippen LogP contribution is 2.17. The van der Waals surface area contributed by atoms with E-state index in [0.29, 0.717) is 70.6 Å². The van der Waals surface area contributed by atoms with Gasteiger partial charge in [-0.2, -0.15) is 0 Å². The number of rotatable bonds is 3. The molecule has 3 heterocycles. The van der Waals surface area contributed by atoms with Gasteiger partial charge in [-0.25, -0.2) is 14.8 Å². The van der Waals surface area contributed by atoms with Crippen LogP contribution in [-0.4, -0.2) is 90.9 Å². The summed E-state index contributed by atoms with van der Waals surface area (Å²) >= 11 is 0. The Hall–Kier alpha value is -2.42. The van der Waals surface area contributed by atoms with Crippen molar-refractivity contribution in [2.24, 2.45) is 0 Å². The van der Waals surface area contributed by atoms with E-state index in [0.717, 1.165) is 5.82 Å². The predicted molar refractivity (Wildman–Crippen MR) is 94.3 cm³/mol. The molecule has 2 aliphatic rings. The molecule has 0 aromatic carbocycles. The molecule has 0 N–H and O–H groups in total. The molecule has 1 aromatic heterocycles. The van der Waals surface area contributed by atoms with E-state index in [9.17, 15) is 9.59 Å². The summed E-state index contributed by atoms with van der Waals surface area (Å²) in [5.41, 5.74) is 0.405. The van der Waals surface area contributed by atoms with Crippen molar-refractivity contribution in [3.63, 3.8) is 0 Å². The monoisotopic (exact) mass is 363 g/mol. The summed E-state index contributed by atoms with van der Waals surface area (Å²) < 4.78 is 10.3. The second-order valence-electron chi connectivity index (χ2n) is 6.24. The van der Waals surface area contributed by atoms with Gasteiger partial charge >= 0.3 is 6.09 Å². The number of morpholine rings is 1. The summed E-state index contributed by atoms with van der Waals surface area (Å²) in [5, 5.41) is 0. The van der Waals surface area contributed by atoms with Crippen molar-refractivity contribution in [2.45, 2.75) is 13.8 Å². The third-order valence-corrected chi connectivity index (χ3v) is 4.47. The molecule has 9 heteroatoms. The lowest BCUT2D eigenvalue weighted by Gasteiger charge is -2.35. The van der Waals surface area contributed by atoms with E-state index in [-0.39, 0.29) is 12.0 Å². The molecular formula is C17H25N5O4. The zero-order valence-electron chi connectivity index (χ0n) is 15.3. The van der Waals surface area contributed by atoms with Crippen LogP contribution >= 0.6 is 0 Å². The molecule has 142 valence electrons. The molecule has 0 radical (unpaired) electrons. The number of carbonyl (C=O) groups excluding carboxylic acids is 2. The van der Waals surface area contributed by atoms with Gasteiger partial charge in [0.1, 0.15) is 17.3 Å². The lowest BCUT2D eigenvalue weighted by atomic mass is 10.2. The van der Waals surface area contributed by atoms with E-state index in [1.54, 1.807) is 29.7 Å². The van der Waals surface area contributed by atoms with Gasteiger partial charge in [0.2, 0.25) is 0 Å². The number of carbonyl (C=O) groups is 2. The van der Waals surface area contributed by atoms with Crippen LogP contribution in [0.15, 0.2) is 6.07 Å². The number of amides is 2. The molecule has 2 amide bonds. The lowest BCUT2D eigenvalue weighted by molar-refractivity contribution is 0.0299. The van der Waals surface area contributed by atoms with Crippen molar-refractivity contribution < 1.29 is 19.1 Å². The Labute approximate surface area is 152 Å². The quantitative estimate of drug-likeness (QED) is 0.774. The molecule has 2 aliphatic heterocycles. The maximum atomic E-state index is 12.7. The van der Waals surface area contributed by atoms with Crippen molar-refractivity contribution in [1.82, 2.24) is 19.8 Å². The number of nitrogens with zero attached hydrogens (tertiary/aromatic N) is 5. The number of hydrogen-bond acceptors (Lipinski definition) is 7. The van der Waals surface area contributed by atoms with Crippen LogP contribution in [0.2, 0.25) is 0 Å². The fraction of sp³-hybridized carbons (Fsp3) is 0.647. The van der Waals surface area contributed by atoms with Crippen molar-refractivity contribution in [1.29, 1.82) is 0 Å². The number of anilines is 1. The first kappa shape index (κ1) is 18.4. The summed E-state index contributed by atoms with van der Waals surface area (Å²) in [6, 6.07) is 1.74. The minimum Gasteiger partial charge on any atom is -0.450 e. The van der Waals surface area contributed by atoms with Crippen LogP contribution in [0, 0.1) is 6.92 Å². The molecule has 2 fully saturated rings. The van der Waals surface area contributed by atoms with Crippen LogP contribution in [0.25, 0.3) is 0 Å². The molecule has 3 rings (SSSR count). The highest BCUT2D eigenvalue weighted by molar-refractivity contribution is 5.93. The number of hydrogen-bond donors (Lipinski definition) is 0. The van der Waals surface area contributed by atoms with E-state index in [1.807, 2.05) is 0 Å². The lowest BCUT2D eigenvalue weighted by Crippen LogP contribution is -2.49. The van der Waals surface area contributed by atoms with Gasteiger partial charge in [0.05, 0.1) is 19.8 Å². The second kappa shape index (κ2) is 8.31. The average Bonchev–Trinajstić information content (AvgIpc) is 2.68. The summed E-state index contributed by atoms with van der Waals surface area (Å²) in [6.45, 7) is 8.63. The van der Waals surface area contributed by atoms with E-state index in [4.69, 9.17) is 9.47 Å². The topological polar surface area (TPSA) is 88.1 Å². The van der Waals surface area contributed by atoms with Gasteiger partial charge in [0.15, 0.2) is 0 Å². The van der Waals surface area contributed by atoms with Gasteiger partial charge < -0.3 is 24.2 Å². The van der Waals surface area contributed by atoms with E-state index in [2.05, 4.69) is 14.9 Å². The first-order chi connectivity index (χ1) is 12.6. The van der Waals surface area contributed by atoms with Crippen molar-refractivity contribution >= 4 is 17.8 Å². The molecule has 0 saturated carbocycles. The first-order valence-corrected chi connectivity index (χ1v) is 8.98. The Morgan fingerprint density at radius 3 is 2.42 bits per heavy atom. The maximum Gasteiger partial charge on any atom is 0.409 e. The third-order valence-electron chi connectivity index (χ3n) is 4.47. The van der Waals surface area contributed by atoms with Crippen molar-refractivity contribution in [3.05, 3.63) is 17.6 Å². The molecule has 0 aliphatic carbocycles. The maximum absolute atomic E-state index is 12.7. The average molecular weight is 363 g/mol. The van der Waals surface area contributed by atoms with Crippen LogP contribution in [0.1, 0.15) is 23.2 Å². The molecular weight excluding hydrogens is 338 g/mol. The second-order valence-corrected chi connectivity index (χ2v) is 6.24. The molecule has 0 atom stereocenters. The van der Waals surface area contributed by atoms with E-state index in [1.165, 1.54) is 0 Å². The number of piperazine rings is 1. The van der Waals surface area contributed by atoms with Gasteiger partial charge in [-0.15, -0.1) is 0 Å². The highest BCUT2D eigenvalue weighted by atomic mass is 16.6. The Kier molecular flexibility index (Phi) is 5.87. The van der Waals surface area contributed by atoms with E-state index >= 15 is 0 Å². The van der Waals surface area contributed by atoms with Crippen LogP contribution in [0.4, 0.5) is 10.6 Å². The number of ether oxygens (including phenoxy) is 2. The van der Waals surface area contributed by atoms with Crippen molar-refractivity contribution in [3.8, 4) is 0 Å². The van der Waals surface area contributed by atoms with Crippen LogP contribution < -0.4 is 4.90 Å². The smallest absolute Gasteiger partial charge is 0.409 e. The Bertz CT molecular complexity index is 655. The molecule has 26 heavy (non-hydrogen) atoms. The summed E-state index contributed by atoms with van der Waals surface area (Å²) in [7, 11) is 0. The molecule has 2 saturated heterocycles. The summed E-state index contributed by atoms with van der Waals surface area (Å²) in [4.78, 5) is 38.8. The molecule has 9 nitrogen and oxygen atoms in total. The summed E-state index contributed by atoms with van der Waals surface area (Å²) in [5.74, 6) is 1.19. The zero-order chi connectivity index (χ0) is 18.5. The Morgan fingerprint density at radius 1 is 1.08 bits per heavy atom. The number of aromatic nitrogens is 2. The first-order valence-electron chi connectivity index (χ1n) is 8.98. The standard InChI is InChI=1S/C17H25N5O4/c1-3-26-17(24)22-6-4-20(5-7-22)15-12-14(18-13(2)19-15)16(23)21-8-10-25-11-9-21/h12H,3-11H2,1-2H3. The number of aryl methyl sites for hydroxylation is 1. The van der Waals surface area contributed by atoms with Gasteiger partial charge in [-0.05, 0) is 13.8 Å². The van der Waals surface area contributed by atoms with Crippen LogP contribution in [-0.2, 0) is 9.47 Å². The van der Waals surface area contributed by atoms with Crippen molar-refractivity contribution in [2.75, 3.05) is 64.0 Å².